The zero-order valence-electron chi connectivity index (χ0n) is 10.4. The molecule has 6 heteroatoms. The molecule has 0 amide bonds. The lowest BCUT2D eigenvalue weighted by atomic mass is 10.2. The zero-order valence-corrected chi connectivity index (χ0v) is 12.8. The van der Waals surface area contributed by atoms with Gasteiger partial charge in [0.05, 0.1) is 18.2 Å². The third-order valence-corrected chi connectivity index (χ3v) is 4.16. The Morgan fingerprint density at radius 1 is 1.35 bits per heavy atom. The first-order valence-corrected chi connectivity index (χ1v) is 7.96. The number of fused-ring (bicyclic) bond motifs is 1. The fraction of sp³-hybridized carbons (Fsp3) is 0.143. The fourth-order valence-corrected chi connectivity index (χ4v) is 3.13. The van der Waals surface area contributed by atoms with Crippen molar-refractivity contribution in [3.05, 3.63) is 47.1 Å². The van der Waals surface area contributed by atoms with Crippen LogP contribution in [0.2, 0.25) is 0 Å². The summed E-state index contributed by atoms with van der Waals surface area (Å²) in [4.78, 5) is 5.39. The van der Waals surface area contributed by atoms with Crippen LogP contribution in [0.5, 0.6) is 11.6 Å². The van der Waals surface area contributed by atoms with Gasteiger partial charge in [-0.15, -0.1) is 11.3 Å². The SMILES string of the molecule is N#CCc1ccc(Oc2nc3sccn3c2CBr)cc1. The van der Waals surface area contributed by atoms with Crippen LogP contribution in [0, 0.1) is 11.3 Å². The Balaban J connectivity index is 1.88. The Hall–Kier alpha value is -1.84. The van der Waals surface area contributed by atoms with Gasteiger partial charge in [-0.25, -0.2) is 0 Å². The first kappa shape index (κ1) is 13.2. The van der Waals surface area contributed by atoms with E-state index in [9.17, 15) is 0 Å². The van der Waals surface area contributed by atoms with Crippen molar-refractivity contribution in [2.45, 2.75) is 11.8 Å². The molecule has 20 heavy (non-hydrogen) atoms. The molecule has 0 radical (unpaired) electrons. The molecule has 0 aliphatic heterocycles. The normalized spacial score (nSPS) is 10.6. The Morgan fingerprint density at radius 3 is 2.85 bits per heavy atom. The van der Waals surface area contributed by atoms with Crippen LogP contribution in [0.15, 0.2) is 35.8 Å². The molecule has 100 valence electrons. The van der Waals surface area contributed by atoms with E-state index in [1.54, 1.807) is 11.3 Å². The van der Waals surface area contributed by atoms with Crippen LogP contribution >= 0.6 is 27.3 Å². The summed E-state index contributed by atoms with van der Waals surface area (Å²) in [5.74, 6) is 1.33. The Morgan fingerprint density at radius 2 is 2.15 bits per heavy atom. The molecule has 0 bridgehead atoms. The predicted octanol–water partition coefficient (Wildman–Crippen LogP) is 4.15. The second-order valence-electron chi connectivity index (χ2n) is 4.13. The van der Waals surface area contributed by atoms with E-state index in [0.29, 0.717) is 17.6 Å². The number of thiazole rings is 1. The van der Waals surface area contributed by atoms with Gasteiger partial charge in [-0.05, 0) is 17.7 Å². The molecule has 0 aliphatic rings. The van der Waals surface area contributed by atoms with Crippen molar-refractivity contribution in [3.8, 4) is 17.7 Å². The van der Waals surface area contributed by atoms with Gasteiger partial charge in [0.1, 0.15) is 5.75 Å². The maximum atomic E-state index is 8.65. The monoisotopic (exact) mass is 347 g/mol. The second kappa shape index (κ2) is 5.65. The van der Waals surface area contributed by atoms with Gasteiger partial charge >= 0.3 is 0 Å². The van der Waals surface area contributed by atoms with E-state index in [-0.39, 0.29) is 0 Å². The van der Waals surface area contributed by atoms with Gasteiger partial charge in [-0.1, -0.05) is 28.1 Å². The third kappa shape index (κ3) is 2.42. The van der Waals surface area contributed by atoms with Crippen LogP contribution in [0.3, 0.4) is 0 Å². The van der Waals surface area contributed by atoms with Crippen molar-refractivity contribution in [2.24, 2.45) is 0 Å². The molecule has 0 saturated carbocycles. The molecular weight excluding hydrogens is 338 g/mol. The molecule has 0 saturated heterocycles. The summed E-state index contributed by atoms with van der Waals surface area (Å²) in [5, 5.41) is 11.3. The van der Waals surface area contributed by atoms with Gasteiger partial charge < -0.3 is 4.74 Å². The molecule has 1 aromatic carbocycles. The second-order valence-corrected chi connectivity index (χ2v) is 5.57. The number of imidazole rings is 1. The predicted molar refractivity (Wildman–Crippen MR) is 81.5 cm³/mol. The molecule has 0 fully saturated rings. The average Bonchev–Trinajstić information content (AvgIpc) is 3.01. The molecule has 4 nitrogen and oxygen atoms in total. The first-order chi connectivity index (χ1) is 9.81. The van der Waals surface area contributed by atoms with Gasteiger partial charge in [-0.3, -0.25) is 4.40 Å². The fourth-order valence-electron chi connectivity index (χ4n) is 1.89. The molecule has 0 atom stereocenters. The highest BCUT2D eigenvalue weighted by molar-refractivity contribution is 9.08. The number of ether oxygens (including phenoxy) is 1. The van der Waals surface area contributed by atoms with E-state index in [0.717, 1.165) is 22.0 Å². The minimum atomic E-state index is 0.410. The number of nitrogens with zero attached hydrogens (tertiary/aromatic N) is 3. The molecule has 0 spiro atoms. The van der Waals surface area contributed by atoms with Gasteiger partial charge in [-0.2, -0.15) is 10.2 Å². The van der Waals surface area contributed by atoms with E-state index < -0.39 is 0 Å². The van der Waals surface area contributed by atoms with Gasteiger partial charge in [0.2, 0.25) is 5.88 Å². The molecule has 2 aromatic heterocycles. The number of benzene rings is 1. The number of hydrogen-bond donors (Lipinski definition) is 0. The van der Waals surface area contributed by atoms with E-state index in [1.165, 1.54) is 0 Å². The number of alkyl halides is 1. The summed E-state index contributed by atoms with van der Waals surface area (Å²) < 4.78 is 7.85. The van der Waals surface area contributed by atoms with Crippen LogP contribution in [-0.2, 0) is 11.8 Å². The van der Waals surface area contributed by atoms with Crippen molar-refractivity contribution < 1.29 is 4.74 Å². The lowest BCUT2D eigenvalue weighted by Gasteiger charge is -2.05. The summed E-state index contributed by atoms with van der Waals surface area (Å²) in [6.07, 6.45) is 2.39. The number of nitriles is 1. The number of aromatic nitrogens is 2. The summed E-state index contributed by atoms with van der Waals surface area (Å²) in [5.41, 5.74) is 1.97. The highest BCUT2D eigenvalue weighted by Gasteiger charge is 2.14. The van der Waals surface area contributed by atoms with Gasteiger partial charge in [0.15, 0.2) is 4.96 Å². The maximum absolute atomic E-state index is 8.65. The molecule has 0 unspecified atom stereocenters. The van der Waals surface area contributed by atoms with Crippen molar-refractivity contribution in [1.82, 2.24) is 9.38 Å². The third-order valence-electron chi connectivity index (χ3n) is 2.87. The zero-order chi connectivity index (χ0) is 13.9. The van der Waals surface area contributed by atoms with E-state index in [2.05, 4.69) is 27.0 Å². The summed E-state index contributed by atoms with van der Waals surface area (Å²) in [6.45, 7) is 0. The standard InChI is InChI=1S/C14H10BrN3OS/c15-9-12-13(17-14-18(12)7-8-20-14)19-11-3-1-10(2-4-11)5-6-16/h1-4,7-8H,5,9H2. The van der Waals surface area contributed by atoms with E-state index in [1.807, 2.05) is 40.2 Å². The Kier molecular flexibility index (Phi) is 3.72. The molecular formula is C14H10BrN3OS. The molecule has 0 aliphatic carbocycles. The Labute approximate surface area is 128 Å². The molecule has 3 rings (SSSR count). The van der Waals surface area contributed by atoms with Crippen LogP contribution < -0.4 is 4.74 Å². The highest BCUT2D eigenvalue weighted by Crippen LogP contribution is 2.29. The van der Waals surface area contributed by atoms with Crippen LogP contribution in [0.4, 0.5) is 0 Å². The minimum absolute atomic E-state index is 0.410. The smallest absolute Gasteiger partial charge is 0.243 e. The van der Waals surface area contributed by atoms with Crippen molar-refractivity contribution in [1.29, 1.82) is 5.26 Å². The molecule has 3 aromatic rings. The van der Waals surface area contributed by atoms with Crippen molar-refractivity contribution >= 4 is 32.2 Å². The average molecular weight is 348 g/mol. The van der Waals surface area contributed by atoms with Gasteiger partial charge in [0.25, 0.3) is 0 Å². The lowest BCUT2D eigenvalue weighted by Crippen LogP contribution is -1.91. The number of halogens is 1. The topological polar surface area (TPSA) is 50.3 Å². The van der Waals surface area contributed by atoms with Gasteiger partial charge in [0, 0.05) is 16.9 Å². The van der Waals surface area contributed by atoms with Crippen molar-refractivity contribution in [3.63, 3.8) is 0 Å². The number of rotatable bonds is 4. The largest absolute Gasteiger partial charge is 0.437 e. The van der Waals surface area contributed by atoms with Crippen LogP contribution in [0.1, 0.15) is 11.3 Å². The lowest BCUT2D eigenvalue weighted by molar-refractivity contribution is 0.461. The molecule has 0 N–H and O–H groups in total. The first-order valence-electron chi connectivity index (χ1n) is 5.96. The minimum Gasteiger partial charge on any atom is -0.437 e. The maximum Gasteiger partial charge on any atom is 0.243 e. The number of hydrogen-bond acceptors (Lipinski definition) is 4. The van der Waals surface area contributed by atoms with Crippen LogP contribution in [0.25, 0.3) is 4.96 Å². The summed E-state index contributed by atoms with van der Waals surface area (Å²) >= 11 is 5.04. The van der Waals surface area contributed by atoms with Crippen molar-refractivity contribution in [2.75, 3.05) is 0 Å². The summed E-state index contributed by atoms with van der Waals surface area (Å²) in [6, 6.07) is 9.63. The Bertz CT molecular complexity index is 770. The highest BCUT2D eigenvalue weighted by atomic mass is 79.9. The quantitative estimate of drug-likeness (QED) is 0.666. The van der Waals surface area contributed by atoms with E-state index >= 15 is 0 Å². The van der Waals surface area contributed by atoms with Crippen LogP contribution in [-0.4, -0.2) is 9.38 Å². The summed E-state index contributed by atoms with van der Waals surface area (Å²) in [7, 11) is 0. The van der Waals surface area contributed by atoms with E-state index in [4.69, 9.17) is 10.00 Å². The molecule has 2 heterocycles.